The predicted octanol–water partition coefficient (Wildman–Crippen LogP) is -1.60. The predicted molar refractivity (Wildman–Crippen MR) is 62.2 cm³/mol. The topological polar surface area (TPSA) is 89.3 Å². The molecule has 1 aromatic carbocycles. The second-order valence-corrected chi connectivity index (χ2v) is 3.06. The van der Waals surface area contributed by atoms with Gasteiger partial charge in [-0.15, -0.1) is 0 Å². The van der Waals surface area contributed by atoms with E-state index in [0.717, 1.165) is 6.42 Å². The molecule has 0 fully saturated rings. The molecule has 4 nitrogen and oxygen atoms in total. The fourth-order valence-electron chi connectivity index (χ4n) is 1.10. The van der Waals surface area contributed by atoms with Gasteiger partial charge in [-0.2, -0.15) is 0 Å². The summed E-state index contributed by atoms with van der Waals surface area (Å²) < 4.78 is 4.56. The first kappa shape index (κ1) is 16.1. The zero-order valence-corrected chi connectivity index (χ0v) is 9.04. The molecular weight excluding hydrogens is 195 g/mol. The van der Waals surface area contributed by atoms with Gasteiger partial charge in [-0.3, -0.25) is 4.79 Å². The number of aryl methyl sites for hydroxylation is 1. The third-order valence-corrected chi connectivity index (χ3v) is 1.97. The van der Waals surface area contributed by atoms with Crippen molar-refractivity contribution in [3.05, 3.63) is 29.8 Å². The highest BCUT2D eigenvalue weighted by molar-refractivity contribution is 6.32. The summed E-state index contributed by atoms with van der Waals surface area (Å²) in [6, 6.07) is 8.18. The second kappa shape index (κ2) is 8.02. The van der Waals surface area contributed by atoms with Crippen molar-refractivity contribution in [1.82, 2.24) is 0 Å². The average molecular weight is 212 g/mol. The Kier molecular flexibility index (Phi) is 8.62. The van der Waals surface area contributed by atoms with Crippen LogP contribution in [0.25, 0.3) is 0 Å². The summed E-state index contributed by atoms with van der Waals surface area (Å²) in [5.41, 5.74) is 2.41. The highest BCUT2D eigenvalue weighted by Gasteiger charge is 2.00. The van der Waals surface area contributed by atoms with Crippen molar-refractivity contribution in [1.29, 1.82) is 0 Å². The van der Waals surface area contributed by atoms with Crippen LogP contribution in [0, 0.1) is 0 Å². The fourth-order valence-corrected chi connectivity index (χ4v) is 1.10. The van der Waals surface area contributed by atoms with Gasteiger partial charge in [0.05, 0.1) is 7.11 Å². The molecule has 0 atom stereocenters. The molecule has 0 spiro atoms. The van der Waals surface area contributed by atoms with E-state index in [2.05, 4.69) is 4.74 Å². The van der Waals surface area contributed by atoms with Gasteiger partial charge in [-0.05, 0) is 12.0 Å². The van der Waals surface area contributed by atoms with Gasteiger partial charge < -0.3 is 15.7 Å². The van der Waals surface area contributed by atoms with Crippen molar-refractivity contribution >= 4 is 19.3 Å². The number of rotatable bonds is 3. The summed E-state index contributed by atoms with van der Waals surface area (Å²) >= 11 is 0. The Morgan fingerprint density at radius 1 is 1.27 bits per heavy atom. The molecule has 0 saturated heterocycles. The van der Waals surface area contributed by atoms with Crippen LogP contribution in [0.3, 0.4) is 0 Å². The van der Waals surface area contributed by atoms with Crippen LogP contribution in [-0.4, -0.2) is 31.9 Å². The molecule has 0 amide bonds. The molecule has 0 aliphatic rings. The van der Waals surface area contributed by atoms with Crippen LogP contribution in [0.1, 0.15) is 12.0 Å². The molecule has 84 valence electrons. The van der Waals surface area contributed by atoms with Crippen molar-refractivity contribution in [3.63, 3.8) is 0 Å². The Morgan fingerprint density at radius 2 is 1.80 bits per heavy atom. The zero-order chi connectivity index (χ0) is 9.68. The summed E-state index contributed by atoms with van der Waals surface area (Å²) in [6.07, 6.45) is 1.21. The Labute approximate surface area is 90.3 Å². The minimum atomic E-state index is -0.152. The highest BCUT2D eigenvalue weighted by Crippen LogP contribution is 2.01. The summed E-state index contributed by atoms with van der Waals surface area (Å²) in [4.78, 5) is 10.8. The molecule has 0 aliphatic carbocycles. The van der Waals surface area contributed by atoms with Crippen LogP contribution >= 0.6 is 0 Å². The summed E-state index contributed by atoms with van der Waals surface area (Å²) in [5, 5.41) is 0. The molecule has 5 heteroatoms. The summed E-state index contributed by atoms with van der Waals surface area (Å²) in [6.45, 7) is 0. The van der Waals surface area contributed by atoms with Crippen molar-refractivity contribution in [2.45, 2.75) is 12.8 Å². The zero-order valence-electron chi connectivity index (χ0n) is 9.04. The molecular formula is C10H17BO4. The number of hydrogen-bond donors (Lipinski definition) is 0. The molecule has 0 unspecified atom stereocenters. The largest absolute Gasteiger partial charge is 0.469 e. The van der Waals surface area contributed by atoms with Crippen LogP contribution in [0.4, 0.5) is 0 Å². The molecule has 4 N–H and O–H groups in total. The first-order chi connectivity index (χ1) is 6.22. The standard InChI is InChI=1S/C10H13BO2.2H2O/c1-13-10(12)7-4-8-2-5-9(11)6-3-8;;/h2-3,5-6H,4,7,11H2,1H3;2*1H2. The van der Waals surface area contributed by atoms with Crippen LogP contribution in [0.2, 0.25) is 0 Å². The van der Waals surface area contributed by atoms with Gasteiger partial charge in [-0.1, -0.05) is 29.7 Å². The quantitative estimate of drug-likeness (QED) is 0.446. The van der Waals surface area contributed by atoms with E-state index in [4.69, 9.17) is 0 Å². The first-order valence-corrected chi connectivity index (χ1v) is 4.34. The van der Waals surface area contributed by atoms with E-state index in [1.54, 1.807) is 0 Å². The molecule has 0 aliphatic heterocycles. The van der Waals surface area contributed by atoms with Crippen molar-refractivity contribution in [2.75, 3.05) is 7.11 Å². The smallest absolute Gasteiger partial charge is 0.305 e. The van der Waals surface area contributed by atoms with Gasteiger partial charge in [0.15, 0.2) is 0 Å². The minimum absolute atomic E-state index is 0. The number of carbonyl (C=O) groups is 1. The van der Waals surface area contributed by atoms with E-state index in [1.807, 2.05) is 32.1 Å². The maximum Gasteiger partial charge on any atom is 0.305 e. The van der Waals surface area contributed by atoms with Gasteiger partial charge in [-0.25, -0.2) is 0 Å². The van der Waals surface area contributed by atoms with E-state index < -0.39 is 0 Å². The van der Waals surface area contributed by atoms with Gasteiger partial charge in [0.2, 0.25) is 0 Å². The first-order valence-electron chi connectivity index (χ1n) is 4.34. The number of carbonyl (C=O) groups excluding carboxylic acids is 1. The van der Waals surface area contributed by atoms with Gasteiger partial charge in [0.1, 0.15) is 7.85 Å². The van der Waals surface area contributed by atoms with Crippen LogP contribution < -0.4 is 5.46 Å². The normalized spacial score (nSPS) is 8.33. The molecule has 0 radical (unpaired) electrons. The lowest BCUT2D eigenvalue weighted by atomic mass is 9.94. The van der Waals surface area contributed by atoms with E-state index in [0.29, 0.717) is 6.42 Å². The molecule has 0 aromatic heterocycles. The lowest BCUT2D eigenvalue weighted by molar-refractivity contribution is -0.140. The number of esters is 1. The number of benzene rings is 1. The summed E-state index contributed by atoms with van der Waals surface area (Å²) in [5.74, 6) is -0.152. The maximum absolute atomic E-state index is 10.8. The Balaban J connectivity index is 0. The second-order valence-electron chi connectivity index (χ2n) is 3.06. The van der Waals surface area contributed by atoms with Gasteiger partial charge in [0.25, 0.3) is 0 Å². The lowest BCUT2D eigenvalue weighted by Gasteiger charge is -2.00. The number of methoxy groups -OCH3 is 1. The van der Waals surface area contributed by atoms with Crippen LogP contribution in [0.5, 0.6) is 0 Å². The molecule has 15 heavy (non-hydrogen) atoms. The maximum atomic E-state index is 10.8. The highest BCUT2D eigenvalue weighted by atomic mass is 16.5. The average Bonchev–Trinajstić information content (AvgIpc) is 2.16. The molecule has 0 saturated carbocycles. The fraction of sp³-hybridized carbons (Fsp3) is 0.300. The van der Waals surface area contributed by atoms with E-state index in [-0.39, 0.29) is 16.9 Å². The van der Waals surface area contributed by atoms with Crippen molar-refractivity contribution < 1.29 is 20.5 Å². The SMILES string of the molecule is Bc1ccc(CCC(=O)OC)cc1.O.O. The molecule has 0 heterocycles. The van der Waals surface area contributed by atoms with Crippen LogP contribution in [-0.2, 0) is 16.0 Å². The van der Waals surface area contributed by atoms with E-state index >= 15 is 0 Å². The third-order valence-electron chi connectivity index (χ3n) is 1.97. The Hall–Kier alpha value is -1.33. The van der Waals surface area contributed by atoms with Crippen LogP contribution in [0.15, 0.2) is 24.3 Å². The molecule has 1 aromatic rings. The Morgan fingerprint density at radius 3 is 2.27 bits per heavy atom. The summed E-state index contributed by atoms with van der Waals surface area (Å²) in [7, 11) is 3.46. The molecule has 1 rings (SSSR count). The number of hydrogen-bond acceptors (Lipinski definition) is 2. The lowest BCUT2D eigenvalue weighted by Crippen LogP contribution is -2.04. The van der Waals surface area contributed by atoms with E-state index in [1.165, 1.54) is 18.1 Å². The van der Waals surface area contributed by atoms with Crippen molar-refractivity contribution in [2.24, 2.45) is 0 Å². The molecule has 0 bridgehead atoms. The number of ether oxygens (including phenoxy) is 1. The minimum Gasteiger partial charge on any atom is -0.469 e. The third kappa shape index (κ3) is 5.88. The van der Waals surface area contributed by atoms with Crippen molar-refractivity contribution in [3.8, 4) is 0 Å². The van der Waals surface area contributed by atoms with Gasteiger partial charge >= 0.3 is 5.97 Å². The monoisotopic (exact) mass is 212 g/mol. The van der Waals surface area contributed by atoms with E-state index in [9.17, 15) is 4.79 Å². The van der Waals surface area contributed by atoms with Gasteiger partial charge in [0, 0.05) is 6.42 Å². The Bertz CT molecular complexity index is 284.